The van der Waals surface area contributed by atoms with E-state index in [-0.39, 0.29) is 0 Å². The molecule has 7 heteroatoms. The molecule has 0 amide bonds. The molecule has 0 atom stereocenters. The van der Waals surface area contributed by atoms with Crippen molar-refractivity contribution in [2.45, 2.75) is 0 Å². The second-order valence-electron chi connectivity index (χ2n) is 6.08. The highest BCUT2D eigenvalue weighted by Gasteiger charge is 2.13. The quantitative estimate of drug-likeness (QED) is 0.464. The highest BCUT2D eigenvalue weighted by Crippen LogP contribution is 2.37. The first-order chi connectivity index (χ1) is 13.8. The van der Waals surface area contributed by atoms with Crippen LogP contribution in [0, 0.1) is 0 Å². The maximum atomic E-state index is 11.2. The summed E-state index contributed by atoms with van der Waals surface area (Å²) in [5.41, 5.74) is 2.28. The van der Waals surface area contributed by atoms with Crippen LogP contribution in [0.2, 0.25) is 0 Å². The van der Waals surface area contributed by atoms with Gasteiger partial charge in [0, 0.05) is 11.6 Å². The van der Waals surface area contributed by atoms with Gasteiger partial charge in [-0.05, 0) is 29.3 Å². The molecule has 6 nitrogen and oxygen atoms in total. The molecule has 3 heterocycles. The first-order valence-corrected chi connectivity index (χ1v) is 9.35. The molecule has 0 aliphatic carbocycles. The van der Waals surface area contributed by atoms with E-state index in [0.717, 1.165) is 31.8 Å². The van der Waals surface area contributed by atoms with Crippen molar-refractivity contribution < 1.29 is 9.26 Å². The number of benzene rings is 2. The Morgan fingerprint density at radius 3 is 2.50 bits per heavy atom. The lowest BCUT2D eigenvalue weighted by atomic mass is 10.1. The number of thiophene rings is 1. The summed E-state index contributed by atoms with van der Waals surface area (Å²) in [7, 11) is 0. The Morgan fingerprint density at radius 1 is 0.964 bits per heavy atom. The minimum atomic E-state index is -0.652. The lowest BCUT2D eigenvalue weighted by molar-refractivity contribution is 0.388. The van der Waals surface area contributed by atoms with E-state index < -0.39 is 5.76 Å². The molecular formula is C21H13N3O3S. The highest BCUT2D eigenvalue weighted by molar-refractivity contribution is 7.22. The number of aromatic nitrogens is 3. The van der Waals surface area contributed by atoms with E-state index in [9.17, 15) is 4.79 Å². The molecule has 28 heavy (non-hydrogen) atoms. The highest BCUT2D eigenvalue weighted by atomic mass is 32.1. The predicted octanol–water partition coefficient (Wildman–Crippen LogP) is 5.10. The Bertz CT molecular complexity index is 1300. The third kappa shape index (κ3) is 3.08. The molecule has 0 aliphatic heterocycles. The lowest BCUT2D eigenvalue weighted by Crippen LogP contribution is -1.94. The first kappa shape index (κ1) is 16.5. The van der Waals surface area contributed by atoms with Crippen molar-refractivity contribution in [1.29, 1.82) is 0 Å². The Morgan fingerprint density at radius 2 is 1.75 bits per heavy atom. The van der Waals surface area contributed by atoms with Gasteiger partial charge in [-0.15, -0.1) is 11.3 Å². The van der Waals surface area contributed by atoms with E-state index >= 15 is 0 Å². The number of hydrogen-bond acceptors (Lipinski definition) is 6. The van der Waals surface area contributed by atoms with Crippen molar-refractivity contribution in [3.05, 3.63) is 83.6 Å². The third-order valence-corrected chi connectivity index (χ3v) is 5.35. The second kappa shape index (κ2) is 6.79. The minimum Gasteiger partial charge on any atom is -0.455 e. The Labute approximate surface area is 163 Å². The van der Waals surface area contributed by atoms with Crippen LogP contribution in [0.25, 0.3) is 31.9 Å². The van der Waals surface area contributed by atoms with Gasteiger partial charge in [0.1, 0.15) is 5.75 Å². The summed E-state index contributed by atoms with van der Waals surface area (Å²) in [5.74, 6) is 1.10. The molecule has 2 aromatic carbocycles. The zero-order valence-corrected chi connectivity index (χ0v) is 15.3. The van der Waals surface area contributed by atoms with Crippen molar-refractivity contribution >= 4 is 21.4 Å². The fourth-order valence-electron chi connectivity index (χ4n) is 2.94. The van der Waals surface area contributed by atoms with Gasteiger partial charge in [-0.3, -0.25) is 4.98 Å². The van der Waals surface area contributed by atoms with Gasteiger partial charge in [-0.25, -0.2) is 4.79 Å². The zero-order valence-electron chi connectivity index (χ0n) is 14.5. The minimum absolute atomic E-state index is 0.393. The van der Waals surface area contributed by atoms with E-state index in [0.29, 0.717) is 11.6 Å². The summed E-state index contributed by atoms with van der Waals surface area (Å²) < 4.78 is 11.6. The van der Waals surface area contributed by atoms with Gasteiger partial charge in [0.15, 0.2) is 11.6 Å². The van der Waals surface area contributed by atoms with Gasteiger partial charge < -0.3 is 9.26 Å². The van der Waals surface area contributed by atoms with Crippen LogP contribution in [0.4, 0.5) is 0 Å². The fraction of sp³-hybridized carbons (Fsp3) is 0. The van der Waals surface area contributed by atoms with Crippen LogP contribution in [-0.4, -0.2) is 15.1 Å². The van der Waals surface area contributed by atoms with Gasteiger partial charge in [-0.2, -0.15) is 10.1 Å². The van der Waals surface area contributed by atoms with E-state index in [1.165, 1.54) is 11.3 Å². The second-order valence-corrected chi connectivity index (χ2v) is 7.17. The van der Waals surface area contributed by atoms with Crippen LogP contribution in [-0.2, 0) is 0 Å². The number of rotatable bonds is 4. The topological polar surface area (TPSA) is 81.0 Å². The maximum Gasteiger partial charge on any atom is 0.460 e. The molecule has 0 fully saturated rings. The van der Waals surface area contributed by atoms with Crippen molar-refractivity contribution in [1.82, 2.24) is 15.1 Å². The third-order valence-electron chi connectivity index (χ3n) is 4.27. The number of H-pyrrole nitrogens is 1. The largest absolute Gasteiger partial charge is 0.460 e. The monoisotopic (exact) mass is 387 g/mol. The molecule has 136 valence electrons. The van der Waals surface area contributed by atoms with Crippen LogP contribution in [0.3, 0.4) is 0 Å². The van der Waals surface area contributed by atoms with Crippen molar-refractivity contribution in [2.75, 3.05) is 0 Å². The number of ether oxygens (including phenoxy) is 1. The van der Waals surface area contributed by atoms with Crippen LogP contribution in [0.5, 0.6) is 11.5 Å². The van der Waals surface area contributed by atoms with E-state index in [2.05, 4.69) is 31.8 Å². The molecule has 0 saturated heterocycles. The molecule has 0 saturated carbocycles. The van der Waals surface area contributed by atoms with E-state index in [4.69, 9.17) is 4.74 Å². The lowest BCUT2D eigenvalue weighted by Gasteiger charge is -2.08. The standard InChI is InChI=1S/C21H13N3O3S/c25-21-23-20(24-27-21)18-10-16-17(11-22-12-19(16)28-18)26-15-8-6-14(7-9-15)13-4-2-1-3-5-13/h1-12H,(H,23,24,25). The molecule has 1 N–H and O–H groups in total. The summed E-state index contributed by atoms with van der Waals surface area (Å²) in [6, 6.07) is 20.0. The van der Waals surface area contributed by atoms with E-state index in [1.54, 1.807) is 12.4 Å². The summed E-state index contributed by atoms with van der Waals surface area (Å²) in [5, 5.41) is 3.42. The van der Waals surface area contributed by atoms with Crippen LogP contribution < -0.4 is 10.5 Å². The van der Waals surface area contributed by atoms with E-state index in [1.807, 2.05) is 48.5 Å². The summed E-state index contributed by atoms with van der Waals surface area (Å²) in [6.45, 7) is 0. The van der Waals surface area contributed by atoms with Gasteiger partial charge in [0.05, 0.1) is 15.8 Å². The number of pyridine rings is 1. The maximum absolute atomic E-state index is 11.2. The number of nitrogens with one attached hydrogen (secondary N) is 1. The van der Waals surface area contributed by atoms with Crippen LogP contribution in [0.15, 0.2) is 82.4 Å². The van der Waals surface area contributed by atoms with Gasteiger partial charge in [0.2, 0.25) is 0 Å². The molecule has 5 rings (SSSR count). The number of fused-ring (bicyclic) bond motifs is 1. The molecule has 0 bridgehead atoms. The fourth-order valence-corrected chi connectivity index (χ4v) is 3.92. The molecule has 0 radical (unpaired) electrons. The van der Waals surface area contributed by atoms with Gasteiger partial charge >= 0.3 is 5.76 Å². The molecule has 0 aliphatic rings. The zero-order chi connectivity index (χ0) is 18.9. The summed E-state index contributed by atoms with van der Waals surface area (Å²) in [6.07, 6.45) is 3.43. The SMILES string of the molecule is O=c1nc(-c2cc3c(Oc4ccc(-c5ccccc5)cc4)cncc3s2)[nH]o1. The number of aromatic amines is 1. The van der Waals surface area contributed by atoms with Gasteiger partial charge in [0.25, 0.3) is 0 Å². The average Bonchev–Trinajstić information content (AvgIpc) is 3.36. The van der Waals surface area contributed by atoms with Gasteiger partial charge in [-0.1, -0.05) is 42.5 Å². The van der Waals surface area contributed by atoms with Crippen molar-refractivity contribution in [3.8, 4) is 33.3 Å². The predicted molar refractivity (Wildman–Crippen MR) is 108 cm³/mol. The molecule has 5 aromatic rings. The first-order valence-electron chi connectivity index (χ1n) is 8.53. The summed E-state index contributed by atoms with van der Waals surface area (Å²) in [4.78, 5) is 20.0. The molecule has 0 spiro atoms. The van der Waals surface area contributed by atoms with Crippen LogP contribution in [0.1, 0.15) is 0 Å². The Balaban J connectivity index is 1.46. The Kier molecular flexibility index (Phi) is 3.99. The number of hydrogen-bond donors (Lipinski definition) is 1. The smallest absolute Gasteiger partial charge is 0.455 e. The number of nitrogens with zero attached hydrogens (tertiary/aromatic N) is 2. The van der Waals surface area contributed by atoms with Crippen LogP contribution >= 0.6 is 11.3 Å². The molecular weight excluding hydrogens is 374 g/mol. The normalized spacial score (nSPS) is 11.0. The Hall–Kier alpha value is -3.71. The molecule has 3 aromatic heterocycles. The van der Waals surface area contributed by atoms with Crippen molar-refractivity contribution in [3.63, 3.8) is 0 Å². The summed E-state index contributed by atoms with van der Waals surface area (Å²) >= 11 is 1.45. The average molecular weight is 387 g/mol. The molecule has 0 unspecified atom stereocenters. The van der Waals surface area contributed by atoms with Crippen molar-refractivity contribution in [2.24, 2.45) is 0 Å².